The van der Waals surface area contributed by atoms with Crippen molar-refractivity contribution in [3.05, 3.63) is 86.4 Å². The van der Waals surface area contributed by atoms with Gasteiger partial charge in [-0.1, -0.05) is 52.3 Å². The molecule has 0 aromatic heterocycles. The molecule has 1 atom stereocenters. The molecule has 0 fully saturated rings. The maximum absolute atomic E-state index is 11.7. The number of carboxylic acid groups (broad SMARTS) is 1. The van der Waals surface area contributed by atoms with Gasteiger partial charge in [-0.15, -0.1) is 0 Å². The Hall–Kier alpha value is -2.94. The molecule has 3 aromatic rings. The summed E-state index contributed by atoms with van der Waals surface area (Å²) in [5, 5.41) is 21.3. The number of quaternary nitrogens is 1. The zero-order valence-corrected chi connectivity index (χ0v) is 19.2. The molecule has 3 aromatic carbocycles. The Morgan fingerprint density at radius 2 is 1.81 bits per heavy atom. The molecule has 1 unspecified atom stereocenters. The average Bonchev–Trinajstić information content (AvgIpc) is 2.74. The highest BCUT2D eigenvalue weighted by molar-refractivity contribution is 9.10. The minimum Gasteiger partial charge on any atom is -1.00 e. The number of nitro groups is 1. The lowest BCUT2D eigenvalue weighted by Gasteiger charge is -2.28. The third-order valence-electron chi connectivity index (χ3n) is 5.61. The lowest BCUT2D eigenvalue weighted by molar-refractivity contribution is -0.464. The summed E-state index contributed by atoms with van der Waals surface area (Å²) in [5.74, 6) is -0.385. The fourth-order valence-corrected chi connectivity index (χ4v) is 4.37. The van der Waals surface area contributed by atoms with E-state index >= 15 is 0 Å². The van der Waals surface area contributed by atoms with Gasteiger partial charge in [-0.2, -0.15) is 0 Å². The molecule has 9 heteroatoms. The topological polar surface area (TPSA) is 117 Å². The lowest BCUT2D eigenvalue weighted by Crippen LogP contribution is -3.00. The molecule has 0 radical (unpaired) electrons. The SMILES string of the molecule is [Cl-].[NH3+]C1(C(=O)O)CCc2ccc(Oc3c(-c4ccccc4Br)cccc3[N+](=O)[O-])cc2C1. The number of carbonyl (C=O) groups is 1. The maximum atomic E-state index is 11.7. The van der Waals surface area contributed by atoms with Gasteiger partial charge in [-0.3, -0.25) is 10.1 Å². The number of hydrogen-bond donors (Lipinski definition) is 2. The number of ether oxygens (including phenoxy) is 1. The fraction of sp³-hybridized carbons (Fsp3) is 0.174. The van der Waals surface area contributed by atoms with Crippen molar-refractivity contribution in [3.63, 3.8) is 0 Å². The van der Waals surface area contributed by atoms with Gasteiger partial charge in [0.1, 0.15) is 5.75 Å². The smallest absolute Gasteiger partial charge is 0.365 e. The number of nitro benzene ring substituents is 1. The van der Waals surface area contributed by atoms with E-state index in [1.165, 1.54) is 6.07 Å². The number of hydrogen-bond acceptors (Lipinski definition) is 4. The molecule has 0 spiro atoms. The predicted molar refractivity (Wildman–Crippen MR) is 118 cm³/mol. The van der Waals surface area contributed by atoms with Crippen molar-refractivity contribution in [2.75, 3.05) is 0 Å². The van der Waals surface area contributed by atoms with Crippen LogP contribution in [-0.4, -0.2) is 21.5 Å². The second kappa shape index (κ2) is 9.28. The first-order chi connectivity index (χ1) is 14.8. The van der Waals surface area contributed by atoms with Crippen LogP contribution in [0.4, 0.5) is 5.69 Å². The minimum absolute atomic E-state index is 0. The van der Waals surface area contributed by atoms with Crippen LogP contribution in [0.15, 0.2) is 65.1 Å². The van der Waals surface area contributed by atoms with Crippen LogP contribution < -0.4 is 22.9 Å². The zero-order valence-electron chi connectivity index (χ0n) is 16.9. The van der Waals surface area contributed by atoms with Gasteiger partial charge in [0.2, 0.25) is 5.75 Å². The summed E-state index contributed by atoms with van der Waals surface area (Å²) in [5.41, 5.74) is 5.90. The van der Waals surface area contributed by atoms with Crippen molar-refractivity contribution in [2.45, 2.75) is 24.8 Å². The van der Waals surface area contributed by atoms with Crippen molar-refractivity contribution in [1.82, 2.24) is 0 Å². The number of nitrogens with zero attached hydrogens (tertiary/aromatic N) is 1. The molecule has 0 heterocycles. The highest BCUT2D eigenvalue weighted by Gasteiger charge is 2.41. The van der Waals surface area contributed by atoms with Crippen LogP contribution >= 0.6 is 15.9 Å². The Balaban J connectivity index is 0.00000289. The minimum atomic E-state index is -1.08. The average molecular weight is 520 g/mol. The van der Waals surface area contributed by atoms with Crippen molar-refractivity contribution < 1.29 is 37.7 Å². The van der Waals surface area contributed by atoms with Crippen molar-refractivity contribution in [3.8, 4) is 22.6 Å². The molecule has 0 saturated carbocycles. The number of fused-ring (bicyclic) bond motifs is 1. The van der Waals surface area contributed by atoms with Gasteiger partial charge < -0.3 is 28.0 Å². The van der Waals surface area contributed by atoms with Crippen LogP contribution in [0.5, 0.6) is 11.5 Å². The van der Waals surface area contributed by atoms with Gasteiger partial charge in [0.15, 0.2) is 5.54 Å². The van der Waals surface area contributed by atoms with Gasteiger partial charge in [-0.05, 0) is 41.3 Å². The third kappa shape index (κ3) is 4.48. The number of aryl methyl sites for hydroxylation is 1. The summed E-state index contributed by atoms with van der Waals surface area (Å²) in [6, 6.07) is 17.6. The van der Waals surface area contributed by atoms with E-state index in [-0.39, 0.29) is 30.3 Å². The highest BCUT2D eigenvalue weighted by atomic mass is 79.9. The molecule has 0 aliphatic heterocycles. The Bertz CT molecular complexity index is 1200. The van der Waals surface area contributed by atoms with E-state index in [2.05, 4.69) is 21.7 Å². The number of halogens is 2. The van der Waals surface area contributed by atoms with Gasteiger partial charge in [0, 0.05) is 28.9 Å². The van der Waals surface area contributed by atoms with E-state index in [0.29, 0.717) is 24.2 Å². The van der Waals surface area contributed by atoms with Crippen molar-refractivity contribution >= 4 is 27.6 Å². The summed E-state index contributed by atoms with van der Waals surface area (Å²) >= 11 is 3.50. The first-order valence-corrected chi connectivity index (χ1v) is 10.5. The Morgan fingerprint density at radius 3 is 2.50 bits per heavy atom. The van der Waals surface area contributed by atoms with Crippen LogP contribution in [0.3, 0.4) is 0 Å². The molecule has 166 valence electrons. The van der Waals surface area contributed by atoms with Gasteiger partial charge in [0.05, 0.1) is 4.92 Å². The fourth-order valence-electron chi connectivity index (χ4n) is 3.87. The van der Waals surface area contributed by atoms with Gasteiger partial charge in [0.25, 0.3) is 0 Å². The van der Waals surface area contributed by atoms with E-state index in [0.717, 1.165) is 21.2 Å². The van der Waals surface area contributed by atoms with E-state index in [1.54, 1.807) is 24.3 Å². The molecule has 0 saturated heterocycles. The molecule has 1 aliphatic carbocycles. The molecular weight excluding hydrogens is 500 g/mol. The normalized spacial score (nSPS) is 17.1. The molecule has 4 N–H and O–H groups in total. The van der Waals surface area contributed by atoms with Gasteiger partial charge in [-0.25, -0.2) is 4.79 Å². The van der Waals surface area contributed by atoms with Crippen LogP contribution in [0.2, 0.25) is 0 Å². The monoisotopic (exact) mass is 518 g/mol. The standard InChI is InChI=1S/C23H19BrN2O5.ClH/c24-19-6-2-1-4-17(19)18-5-3-7-20(26(29)30)21(18)31-16-9-8-14-10-11-23(25,22(27)28)13-15(14)12-16;/h1-9,12H,10-11,13,25H2,(H,27,28);1H. The number of carboxylic acids is 1. The second-order valence-electron chi connectivity index (χ2n) is 7.69. The van der Waals surface area contributed by atoms with E-state index in [1.807, 2.05) is 30.3 Å². The van der Waals surface area contributed by atoms with Crippen molar-refractivity contribution in [1.29, 1.82) is 0 Å². The quantitative estimate of drug-likeness (QED) is 0.390. The summed E-state index contributed by atoms with van der Waals surface area (Å²) < 4.78 is 6.86. The Morgan fingerprint density at radius 1 is 1.09 bits per heavy atom. The summed E-state index contributed by atoms with van der Waals surface area (Å²) in [6.45, 7) is 0. The van der Waals surface area contributed by atoms with Gasteiger partial charge >= 0.3 is 11.7 Å². The number of rotatable bonds is 5. The van der Waals surface area contributed by atoms with Crippen molar-refractivity contribution in [2.24, 2.45) is 0 Å². The number of benzene rings is 3. The second-order valence-corrected chi connectivity index (χ2v) is 8.54. The van der Waals surface area contributed by atoms with E-state index in [9.17, 15) is 20.0 Å². The summed E-state index contributed by atoms with van der Waals surface area (Å²) in [7, 11) is 0. The lowest BCUT2D eigenvalue weighted by atomic mass is 9.78. The Kier molecular flexibility index (Phi) is 6.88. The molecule has 4 rings (SSSR count). The van der Waals surface area contributed by atoms with E-state index < -0.39 is 16.4 Å². The maximum Gasteiger partial charge on any atom is 0.365 e. The highest BCUT2D eigenvalue weighted by Crippen LogP contribution is 2.43. The molecule has 1 aliphatic rings. The predicted octanol–water partition coefficient (Wildman–Crippen LogP) is 1.37. The van der Waals surface area contributed by atoms with Crippen LogP contribution in [-0.2, 0) is 17.6 Å². The molecular formula is C23H20BrClN2O5. The molecule has 0 amide bonds. The Labute approximate surface area is 198 Å². The molecule has 32 heavy (non-hydrogen) atoms. The molecule has 0 bridgehead atoms. The summed E-state index contributed by atoms with van der Waals surface area (Å²) in [4.78, 5) is 22.9. The largest absolute Gasteiger partial charge is 1.00 e. The van der Waals surface area contributed by atoms with Crippen LogP contribution in [0, 0.1) is 10.1 Å². The third-order valence-corrected chi connectivity index (χ3v) is 6.30. The summed E-state index contributed by atoms with van der Waals surface area (Å²) in [6.07, 6.45) is 1.35. The van der Waals surface area contributed by atoms with Crippen LogP contribution in [0.25, 0.3) is 11.1 Å². The first-order valence-electron chi connectivity index (χ1n) is 9.69. The zero-order chi connectivity index (χ0) is 22.2. The number of para-hydroxylation sites is 1. The molecule has 7 nitrogen and oxygen atoms in total. The number of aliphatic carboxylic acids is 1. The van der Waals surface area contributed by atoms with E-state index in [4.69, 9.17) is 4.74 Å². The van der Waals surface area contributed by atoms with Crippen LogP contribution in [0.1, 0.15) is 17.5 Å². The first kappa shape index (κ1) is 23.7.